The van der Waals surface area contributed by atoms with E-state index in [1.807, 2.05) is 0 Å². The van der Waals surface area contributed by atoms with Crippen molar-refractivity contribution in [1.82, 2.24) is 14.9 Å². The molecule has 1 fully saturated rings. The van der Waals surface area contributed by atoms with Crippen molar-refractivity contribution in [3.05, 3.63) is 24.4 Å². The Morgan fingerprint density at radius 1 is 1.22 bits per heavy atom. The molecule has 0 amide bonds. The van der Waals surface area contributed by atoms with Gasteiger partial charge in [-0.3, -0.25) is 5.43 Å². The molecule has 2 rings (SSSR count). The quantitative estimate of drug-likeness (QED) is 0.396. The van der Waals surface area contributed by atoms with Gasteiger partial charge in [-0.2, -0.15) is 0 Å². The molecule has 0 unspecified atom stereocenters. The number of hydrogen-bond acceptors (Lipinski definition) is 7. The van der Waals surface area contributed by atoms with Crippen molar-refractivity contribution in [3.63, 3.8) is 0 Å². The Morgan fingerprint density at radius 3 is 2.22 bits per heavy atom. The highest BCUT2D eigenvalue weighted by atomic mass is 16.7. The van der Waals surface area contributed by atoms with Gasteiger partial charge in [0.15, 0.2) is 5.57 Å². The molecule has 0 aliphatic carbocycles. The molecule has 0 spiro atoms. The topological polar surface area (TPSA) is 127 Å². The van der Waals surface area contributed by atoms with Gasteiger partial charge in [0, 0.05) is 20.0 Å². The summed E-state index contributed by atoms with van der Waals surface area (Å²) in [4.78, 5) is 23.0. The fourth-order valence-electron chi connectivity index (χ4n) is 1.18. The third-order valence-electron chi connectivity index (χ3n) is 1.89. The lowest BCUT2D eigenvalue weighted by Gasteiger charge is -2.29. The molecule has 1 aliphatic heterocycles. The summed E-state index contributed by atoms with van der Waals surface area (Å²) in [6, 6.07) is 0. The number of carbonyl (C=O) groups excluding carboxylic acids is 2. The van der Waals surface area contributed by atoms with Gasteiger partial charge in [0.25, 0.3) is 5.79 Å². The van der Waals surface area contributed by atoms with Gasteiger partial charge < -0.3 is 14.9 Å². The monoisotopic (exact) mass is 256 g/mol. The van der Waals surface area contributed by atoms with Crippen LogP contribution in [0.4, 0.5) is 0 Å². The van der Waals surface area contributed by atoms with Crippen LogP contribution in [-0.2, 0) is 19.1 Å². The molecule has 2 heterocycles. The molecule has 1 aromatic rings. The largest absolute Gasteiger partial charge is 0.419 e. The van der Waals surface area contributed by atoms with E-state index in [0.29, 0.717) is 0 Å². The summed E-state index contributed by atoms with van der Waals surface area (Å²) < 4.78 is 11.1. The lowest BCUT2D eigenvalue weighted by Crippen LogP contribution is -2.42. The molecule has 0 radical (unpaired) electrons. The molecular formula is C9H12N4O5. The smallest absolute Gasteiger partial charge is 0.350 e. The molecule has 18 heavy (non-hydrogen) atoms. The van der Waals surface area contributed by atoms with Crippen molar-refractivity contribution in [1.29, 1.82) is 0 Å². The predicted octanol–water partition coefficient (Wildman–Crippen LogP) is -1.28. The Balaban J connectivity index is 0.00000162. The minimum absolute atomic E-state index is 0. The first-order chi connectivity index (χ1) is 7.98. The summed E-state index contributed by atoms with van der Waals surface area (Å²) in [6.07, 6.45) is 3.89. The molecule has 3 N–H and O–H groups in total. The zero-order chi connectivity index (χ0) is 12.5. The van der Waals surface area contributed by atoms with Crippen LogP contribution in [0.1, 0.15) is 13.8 Å². The third kappa shape index (κ3) is 2.83. The van der Waals surface area contributed by atoms with Crippen LogP contribution < -0.4 is 5.43 Å². The summed E-state index contributed by atoms with van der Waals surface area (Å²) in [7, 11) is 0. The van der Waals surface area contributed by atoms with E-state index in [0.717, 1.165) is 0 Å². The van der Waals surface area contributed by atoms with E-state index >= 15 is 0 Å². The second-order valence-corrected chi connectivity index (χ2v) is 3.74. The van der Waals surface area contributed by atoms with E-state index in [1.54, 1.807) is 0 Å². The molecule has 0 bridgehead atoms. The molecule has 98 valence electrons. The first-order valence-corrected chi connectivity index (χ1v) is 4.76. The van der Waals surface area contributed by atoms with E-state index in [1.165, 1.54) is 37.4 Å². The van der Waals surface area contributed by atoms with Crippen molar-refractivity contribution >= 4 is 11.9 Å². The highest BCUT2D eigenvalue weighted by Gasteiger charge is 2.38. The van der Waals surface area contributed by atoms with E-state index in [9.17, 15) is 9.59 Å². The summed E-state index contributed by atoms with van der Waals surface area (Å²) in [5.74, 6) is -2.72. The summed E-state index contributed by atoms with van der Waals surface area (Å²) >= 11 is 0. The lowest BCUT2D eigenvalue weighted by atomic mass is 10.2. The van der Waals surface area contributed by atoms with Crippen LogP contribution >= 0.6 is 0 Å². The van der Waals surface area contributed by atoms with Crippen LogP contribution in [0.3, 0.4) is 0 Å². The number of nitrogens with one attached hydrogen (secondary N) is 1. The first-order valence-electron chi connectivity index (χ1n) is 4.76. The minimum Gasteiger partial charge on any atom is -0.419 e. The number of rotatable bonds is 2. The van der Waals surface area contributed by atoms with Crippen LogP contribution in [0.15, 0.2) is 24.4 Å². The van der Waals surface area contributed by atoms with Gasteiger partial charge in [-0.25, -0.2) is 14.3 Å². The van der Waals surface area contributed by atoms with Gasteiger partial charge in [-0.05, 0) is 0 Å². The van der Waals surface area contributed by atoms with Crippen molar-refractivity contribution in [2.24, 2.45) is 0 Å². The zero-order valence-corrected chi connectivity index (χ0v) is 9.71. The fourth-order valence-corrected chi connectivity index (χ4v) is 1.18. The normalized spacial score (nSPS) is 17.3. The van der Waals surface area contributed by atoms with Crippen LogP contribution in [0.5, 0.6) is 0 Å². The van der Waals surface area contributed by atoms with Gasteiger partial charge in [-0.1, -0.05) is 0 Å². The zero-order valence-electron chi connectivity index (χ0n) is 9.71. The molecule has 0 aromatic carbocycles. The number of cyclic esters (lactones) is 2. The maximum absolute atomic E-state index is 11.5. The Kier molecular flexibility index (Phi) is 3.67. The highest BCUT2D eigenvalue weighted by Crippen LogP contribution is 2.21. The molecule has 1 aliphatic rings. The SMILES string of the molecule is CC1(C)OC(=O)C(=CNn2cnnc2)C(=O)O1.O. The molecule has 1 saturated heterocycles. The predicted molar refractivity (Wildman–Crippen MR) is 57.3 cm³/mol. The Bertz CT molecular complexity index is 457. The number of ether oxygens (including phenoxy) is 2. The summed E-state index contributed by atoms with van der Waals surface area (Å²) in [5.41, 5.74) is 2.39. The van der Waals surface area contributed by atoms with E-state index in [2.05, 4.69) is 15.6 Å². The molecular weight excluding hydrogens is 244 g/mol. The maximum atomic E-state index is 11.5. The van der Waals surface area contributed by atoms with Gasteiger partial charge in [0.2, 0.25) is 0 Å². The molecule has 0 saturated carbocycles. The molecule has 9 nitrogen and oxygen atoms in total. The standard InChI is InChI=1S/C9H10N4O4.H2O/c1-9(2)16-7(14)6(8(15)17-9)3-12-13-4-10-11-5-13;/h3-5,12H,1-2H3;1H2. The van der Waals surface area contributed by atoms with Gasteiger partial charge in [-0.15, -0.1) is 10.2 Å². The van der Waals surface area contributed by atoms with E-state index in [4.69, 9.17) is 9.47 Å². The van der Waals surface area contributed by atoms with Gasteiger partial charge in [0.05, 0.1) is 0 Å². The Morgan fingerprint density at radius 2 is 1.72 bits per heavy atom. The van der Waals surface area contributed by atoms with Crippen LogP contribution in [0, 0.1) is 0 Å². The van der Waals surface area contributed by atoms with Crippen molar-refractivity contribution in [3.8, 4) is 0 Å². The Hall–Kier alpha value is -2.42. The summed E-state index contributed by atoms with van der Waals surface area (Å²) in [6.45, 7) is 2.96. The van der Waals surface area contributed by atoms with Crippen LogP contribution in [0.2, 0.25) is 0 Å². The van der Waals surface area contributed by atoms with Crippen LogP contribution in [0.25, 0.3) is 0 Å². The second-order valence-electron chi connectivity index (χ2n) is 3.74. The second kappa shape index (κ2) is 4.84. The fraction of sp³-hybridized carbons (Fsp3) is 0.333. The maximum Gasteiger partial charge on any atom is 0.350 e. The number of esters is 2. The number of carbonyl (C=O) groups is 2. The van der Waals surface area contributed by atoms with Gasteiger partial charge >= 0.3 is 11.9 Å². The number of nitrogens with zero attached hydrogens (tertiary/aromatic N) is 3. The van der Waals surface area contributed by atoms with Crippen molar-refractivity contribution in [2.45, 2.75) is 19.6 Å². The minimum atomic E-state index is -1.23. The summed E-state index contributed by atoms with van der Waals surface area (Å²) in [5, 5.41) is 7.07. The van der Waals surface area contributed by atoms with E-state index in [-0.39, 0.29) is 11.0 Å². The van der Waals surface area contributed by atoms with Crippen molar-refractivity contribution < 1.29 is 24.5 Å². The molecule has 0 atom stereocenters. The lowest BCUT2D eigenvalue weighted by molar-refractivity contribution is -0.222. The third-order valence-corrected chi connectivity index (χ3v) is 1.89. The van der Waals surface area contributed by atoms with Crippen molar-refractivity contribution in [2.75, 3.05) is 5.43 Å². The number of hydrogen-bond donors (Lipinski definition) is 1. The number of aromatic nitrogens is 3. The molecule has 1 aromatic heterocycles. The average molecular weight is 256 g/mol. The average Bonchev–Trinajstić information content (AvgIpc) is 2.67. The van der Waals surface area contributed by atoms with Gasteiger partial charge in [0.1, 0.15) is 12.7 Å². The molecule has 9 heteroatoms. The van der Waals surface area contributed by atoms with Crippen LogP contribution in [-0.4, -0.2) is 38.1 Å². The highest BCUT2D eigenvalue weighted by molar-refractivity contribution is 6.15. The van der Waals surface area contributed by atoms with E-state index < -0.39 is 17.7 Å². The Labute approximate surface area is 102 Å². The first kappa shape index (κ1) is 13.6.